The van der Waals surface area contributed by atoms with Gasteiger partial charge in [-0.2, -0.15) is 4.98 Å². The Morgan fingerprint density at radius 3 is 2.41 bits per heavy atom. The molecule has 22 heavy (non-hydrogen) atoms. The molecule has 2 N–H and O–H groups in total. The van der Waals surface area contributed by atoms with Crippen molar-refractivity contribution in [1.29, 1.82) is 0 Å². The van der Waals surface area contributed by atoms with Gasteiger partial charge in [0.2, 0.25) is 5.95 Å². The molecule has 0 bridgehead atoms. The Morgan fingerprint density at radius 2 is 1.73 bits per heavy atom. The van der Waals surface area contributed by atoms with Gasteiger partial charge in [0, 0.05) is 28.0 Å². The first-order chi connectivity index (χ1) is 10.6. The molecule has 0 fully saturated rings. The molecule has 0 aliphatic heterocycles. The second-order valence-electron chi connectivity index (χ2n) is 4.80. The minimum Gasteiger partial charge on any atom is -0.360 e. The van der Waals surface area contributed by atoms with E-state index in [0.29, 0.717) is 17.6 Å². The van der Waals surface area contributed by atoms with E-state index in [4.69, 9.17) is 4.52 Å². The van der Waals surface area contributed by atoms with Gasteiger partial charge in [0.15, 0.2) is 5.82 Å². The van der Waals surface area contributed by atoms with Crippen LogP contribution in [0, 0.1) is 13.8 Å². The Morgan fingerprint density at radius 1 is 0.955 bits per heavy atom. The Hall–Kier alpha value is -2.41. The average Bonchev–Trinajstić information content (AvgIpc) is 2.86. The van der Waals surface area contributed by atoms with Crippen LogP contribution >= 0.6 is 15.9 Å². The quantitative estimate of drug-likeness (QED) is 0.721. The van der Waals surface area contributed by atoms with Gasteiger partial charge in [0.05, 0.1) is 0 Å². The van der Waals surface area contributed by atoms with Crippen molar-refractivity contribution < 1.29 is 4.52 Å². The zero-order valence-corrected chi connectivity index (χ0v) is 13.7. The summed E-state index contributed by atoms with van der Waals surface area (Å²) in [6.07, 6.45) is 0. The van der Waals surface area contributed by atoms with Gasteiger partial charge in [-0.25, -0.2) is 4.98 Å². The third-order valence-corrected chi connectivity index (χ3v) is 3.37. The lowest BCUT2D eigenvalue weighted by Crippen LogP contribution is -2.02. The number of benzene rings is 1. The number of aromatic nitrogens is 3. The molecule has 2 heterocycles. The van der Waals surface area contributed by atoms with Crippen molar-refractivity contribution in [3.8, 4) is 0 Å². The predicted octanol–water partition coefficient (Wildman–Crippen LogP) is 4.33. The van der Waals surface area contributed by atoms with E-state index < -0.39 is 0 Å². The molecule has 3 rings (SSSR count). The van der Waals surface area contributed by atoms with E-state index in [1.54, 1.807) is 6.07 Å². The van der Waals surface area contributed by atoms with Gasteiger partial charge in [-0.15, -0.1) is 0 Å². The second-order valence-corrected chi connectivity index (χ2v) is 5.71. The van der Waals surface area contributed by atoms with Crippen LogP contribution < -0.4 is 10.6 Å². The van der Waals surface area contributed by atoms with Crippen molar-refractivity contribution in [2.24, 2.45) is 0 Å². The monoisotopic (exact) mass is 359 g/mol. The van der Waals surface area contributed by atoms with E-state index in [-0.39, 0.29) is 0 Å². The van der Waals surface area contributed by atoms with Crippen molar-refractivity contribution in [2.45, 2.75) is 13.8 Å². The summed E-state index contributed by atoms with van der Waals surface area (Å²) in [7, 11) is 0. The number of aryl methyl sites for hydroxylation is 2. The highest BCUT2D eigenvalue weighted by Crippen LogP contribution is 2.20. The van der Waals surface area contributed by atoms with E-state index in [2.05, 4.69) is 41.7 Å². The van der Waals surface area contributed by atoms with Crippen LogP contribution in [-0.2, 0) is 0 Å². The molecule has 0 saturated carbocycles. The van der Waals surface area contributed by atoms with E-state index in [1.807, 2.05) is 44.2 Å². The maximum atomic E-state index is 5.03. The molecule has 0 aliphatic rings. The molecule has 3 aromatic rings. The first-order valence-corrected chi connectivity index (χ1v) is 7.46. The van der Waals surface area contributed by atoms with Crippen molar-refractivity contribution in [1.82, 2.24) is 15.1 Å². The van der Waals surface area contributed by atoms with Crippen LogP contribution in [0.3, 0.4) is 0 Å². The fraction of sp³-hybridized carbons (Fsp3) is 0.133. The standard InChI is InChI=1S/C15H14BrN5O/c1-9-7-13(19-14-8-10(2)22-21-14)20-15(17-9)18-12-5-3-11(16)4-6-12/h3-8H,1-2H3,(H2,17,18,19,20,21). The summed E-state index contributed by atoms with van der Waals surface area (Å²) in [6, 6.07) is 11.5. The van der Waals surface area contributed by atoms with Crippen molar-refractivity contribution in [3.63, 3.8) is 0 Å². The fourth-order valence-corrected chi connectivity index (χ4v) is 2.17. The largest absolute Gasteiger partial charge is 0.360 e. The lowest BCUT2D eigenvalue weighted by atomic mass is 10.3. The normalized spacial score (nSPS) is 10.5. The van der Waals surface area contributed by atoms with E-state index in [1.165, 1.54) is 0 Å². The molecule has 2 aromatic heterocycles. The van der Waals surface area contributed by atoms with E-state index in [0.717, 1.165) is 21.6 Å². The van der Waals surface area contributed by atoms with E-state index in [9.17, 15) is 0 Å². The van der Waals surface area contributed by atoms with Crippen molar-refractivity contribution >= 4 is 39.2 Å². The van der Waals surface area contributed by atoms with Crippen molar-refractivity contribution in [2.75, 3.05) is 10.6 Å². The van der Waals surface area contributed by atoms with Gasteiger partial charge in [-0.05, 0) is 38.1 Å². The number of hydrogen-bond donors (Lipinski definition) is 2. The molecule has 0 atom stereocenters. The van der Waals surface area contributed by atoms with Crippen LogP contribution in [0.25, 0.3) is 0 Å². The summed E-state index contributed by atoms with van der Waals surface area (Å²) >= 11 is 3.41. The van der Waals surface area contributed by atoms with Gasteiger partial charge >= 0.3 is 0 Å². The average molecular weight is 360 g/mol. The van der Waals surface area contributed by atoms with Gasteiger partial charge in [0.1, 0.15) is 11.6 Å². The molecule has 0 spiro atoms. The molecule has 112 valence electrons. The molecule has 7 heteroatoms. The molecule has 0 saturated heterocycles. The number of nitrogens with one attached hydrogen (secondary N) is 2. The molecule has 0 amide bonds. The van der Waals surface area contributed by atoms with Gasteiger partial charge in [0.25, 0.3) is 0 Å². The topological polar surface area (TPSA) is 75.9 Å². The summed E-state index contributed by atoms with van der Waals surface area (Å²) < 4.78 is 6.05. The third kappa shape index (κ3) is 3.62. The third-order valence-electron chi connectivity index (χ3n) is 2.84. The van der Waals surface area contributed by atoms with Crippen LogP contribution in [0.5, 0.6) is 0 Å². The molecule has 1 aromatic carbocycles. The maximum Gasteiger partial charge on any atom is 0.229 e. The lowest BCUT2D eigenvalue weighted by molar-refractivity contribution is 0.400. The fourth-order valence-electron chi connectivity index (χ4n) is 1.91. The second kappa shape index (κ2) is 6.15. The lowest BCUT2D eigenvalue weighted by Gasteiger charge is -2.08. The van der Waals surface area contributed by atoms with Gasteiger partial charge in [-0.3, -0.25) is 0 Å². The van der Waals surface area contributed by atoms with Crippen LogP contribution in [0.2, 0.25) is 0 Å². The number of hydrogen-bond acceptors (Lipinski definition) is 6. The van der Waals surface area contributed by atoms with Crippen LogP contribution in [-0.4, -0.2) is 15.1 Å². The number of rotatable bonds is 4. The molecule has 0 radical (unpaired) electrons. The van der Waals surface area contributed by atoms with Gasteiger partial charge in [-0.1, -0.05) is 21.1 Å². The Bertz CT molecular complexity index is 785. The Labute approximate surface area is 136 Å². The van der Waals surface area contributed by atoms with Crippen LogP contribution in [0.4, 0.5) is 23.3 Å². The molecule has 0 unspecified atom stereocenters. The zero-order valence-electron chi connectivity index (χ0n) is 12.1. The molecule has 6 nitrogen and oxygen atoms in total. The SMILES string of the molecule is Cc1cc(Nc2cc(C)on2)nc(Nc2ccc(Br)cc2)n1. The number of anilines is 4. The smallest absolute Gasteiger partial charge is 0.229 e. The molecular formula is C15H14BrN5O. The van der Waals surface area contributed by atoms with E-state index >= 15 is 0 Å². The highest BCUT2D eigenvalue weighted by atomic mass is 79.9. The first-order valence-electron chi connectivity index (χ1n) is 6.67. The molecular weight excluding hydrogens is 346 g/mol. The zero-order chi connectivity index (χ0) is 15.5. The number of halogens is 1. The Balaban J connectivity index is 1.81. The summed E-state index contributed by atoms with van der Waals surface area (Å²) in [5.74, 6) is 2.53. The van der Waals surface area contributed by atoms with Crippen LogP contribution in [0.1, 0.15) is 11.5 Å². The van der Waals surface area contributed by atoms with Crippen LogP contribution in [0.15, 0.2) is 45.4 Å². The minimum absolute atomic E-state index is 0.519. The summed E-state index contributed by atoms with van der Waals surface area (Å²) in [5, 5.41) is 10.2. The molecule has 0 aliphatic carbocycles. The summed E-state index contributed by atoms with van der Waals surface area (Å²) in [5.41, 5.74) is 1.76. The van der Waals surface area contributed by atoms with Crippen molar-refractivity contribution in [3.05, 3.63) is 52.3 Å². The maximum absolute atomic E-state index is 5.03. The summed E-state index contributed by atoms with van der Waals surface area (Å²) in [4.78, 5) is 8.81. The highest BCUT2D eigenvalue weighted by Gasteiger charge is 2.06. The minimum atomic E-state index is 0.519. The summed E-state index contributed by atoms with van der Waals surface area (Å²) in [6.45, 7) is 3.75. The van der Waals surface area contributed by atoms with Gasteiger partial charge < -0.3 is 15.2 Å². The Kier molecular flexibility index (Phi) is 4.06. The first kappa shape index (κ1) is 14.5. The number of nitrogens with zero attached hydrogens (tertiary/aromatic N) is 3. The highest BCUT2D eigenvalue weighted by molar-refractivity contribution is 9.10. The predicted molar refractivity (Wildman–Crippen MR) is 88.7 cm³/mol.